The number of rotatable bonds is 6. The topological polar surface area (TPSA) is 38.8 Å². The average molecular weight is 353 g/mol. The van der Waals surface area contributed by atoms with E-state index in [2.05, 4.69) is 12.1 Å². The van der Waals surface area contributed by atoms with Crippen LogP contribution in [-0.2, 0) is 22.4 Å². The summed E-state index contributed by atoms with van der Waals surface area (Å²) < 4.78 is 11.5. The molecule has 2 aromatic carbocycles. The zero-order valence-electron chi connectivity index (χ0n) is 15.6. The first-order valence-electron chi connectivity index (χ1n) is 9.33. The third-order valence-electron chi connectivity index (χ3n) is 4.57. The molecule has 0 aliphatic carbocycles. The second-order valence-electron chi connectivity index (χ2n) is 6.81. The van der Waals surface area contributed by atoms with Crippen LogP contribution in [0.25, 0.3) is 0 Å². The van der Waals surface area contributed by atoms with Crippen LogP contribution in [-0.4, -0.2) is 42.7 Å². The van der Waals surface area contributed by atoms with E-state index in [4.69, 9.17) is 9.47 Å². The van der Waals surface area contributed by atoms with Crippen molar-refractivity contribution in [3.05, 3.63) is 65.7 Å². The Labute approximate surface area is 155 Å². The van der Waals surface area contributed by atoms with Crippen LogP contribution in [0.3, 0.4) is 0 Å². The summed E-state index contributed by atoms with van der Waals surface area (Å²) in [6, 6.07) is 18.1. The van der Waals surface area contributed by atoms with Crippen LogP contribution in [0.2, 0.25) is 0 Å². The van der Waals surface area contributed by atoms with Crippen molar-refractivity contribution in [1.29, 1.82) is 0 Å². The predicted molar refractivity (Wildman–Crippen MR) is 102 cm³/mol. The van der Waals surface area contributed by atoms with E-state index < -0.39 is 0 Å². The molecule has 1 heterocycles. The van der Waals surface area contributed by atoms with E-state index in [9.17, 15) is 4.79 Å². The first-order chi connectivity index (χ1) is 12.6. The van der Waals surface area contributed by atoms with Crippen LogP contribution >= 0.6 is 0 Å². The Morgan fingerprint density at radius 3 is 2.50 bits per heavy atom. The number of amides is 1. The molecule has 138 valence electrons. The maximum atomic E-state index is 12.8. The molecule has 26 heavy (non-hydrogen) atoms. The molecular formula is C22H27NO3. The SMILES string of the molecule is CCOc1ccc(CC(=O)N2CC(C)OC(Cc3ccccc3)C2)cc1. The van der Waals surface area contributed by atoms with Gasteiger partial charge in [-0.1, -0.05) is 42.5 Å². The van der Waals surface area contributed by atoms with Gasteiger partial charge in [-0.05, 0) is 37.1 Å². The lowest BCUT2D eigenvalue weighted by Crippen LogP contribution is -2.50. The van der Waals surface area contributed by atoms with Crippen LogP contribution < -0.4 is 4.74 Å². The Morgan fingerprint density at radius 2 is 1.81 bits per heavy atom. The van der Waals surface area contributed by atoms with Crippen molar-refractivity contribution in [2.45, 2.75) is 38.9 Å². The molecule has 0 aromatic heterocycles. The summed E-state index contributed by atoms with van der Waals surface area (Å²) in [4.78, 5) is 14.7. The first kappa shape index (κ1) is 18.5. The minimum absolute atomic E-state index is 0.0467. The van der Waals surface area contributed by atoms with Crippen LogP contribution in [0.4, 0.5) is 0 Å². The van der Waals surface area contributed by atoms with Crippen LogP contribution in [0.5, 0.6) is 5.75 Å². The molecular weight excluding hydrogens is 326 g/mol. The lowest BCUT2D eigenvalue weighted by Gasteiger charge is -2.37. The van der Waals surface area contributed by atoms with Gasteiger partial charge in [0.2, 0.25) is 5.91 Å². The lowest BCUT2D eigenvalue weighted by molar-refractivity contribution is -0.143. The normalized spacial score (nSPS) is 20.0. The van der Waals surface area contributed by atoms with Gasteiger partial charge in [0.1, 0.15) is 5.75 Å². The summed E-state index contributed by atoms with van der Waals surface area (Å²) in [6.07, 6.45) is 1.35. The molecule has 2 unspecified atom stereocenters. The molecule has 2 aromatic rings. The molecule has 0 saturated carbocycles. The monoisotopic (exact) mass is 353 g/mol. The number of benzene rings is 2. The van der Waals surface area contributed by atoms with Crippen molar-refractivity contribution in [2.24, 2.45) is 0 Å². The van der Waals surface area contributed by atoms with E-state index >= 15 is 0 Å². The molecule has 4 heteroatoms. The zero-order valence-corrected chi connectivity index (χ0v) is 15.6. The van der Waals surface area contributed by atoms with Gasteiger partial charge in [0.05, 0.1) is 25.2 Å². The van der Waals surface area contributed by atoms with Gasteiger partial charge >= 0.3 is 0 Å². The maximum Gasteiger partial charge on any atom is 0.227 e. The highest BCUT2D eigenvalue weighted by Crippen LogP contribution is 2.18. The van der Waals surface area contributed by atoms with E-state index in [0.29, 0.717) is 26.1 Å². The highest BCUT2D eigenvalue weighted by molar-refractivity contribution is 5.79. The summed E-state index contributed by atoms with van der Waals surface area (Å²) in [7, 11) is 0. The quantitative estimate of drug-likeness (QED) is 0.798. The number of morpholine rings is 1. The van der Waals surface area contributed by atoms with Crippen LogP contribution in [0, 0.1) is 0 Å². The highest BCUT2D eigenvalue weighted by atomic mass is 16.5. The van der Waals surface area contributed by atoms with E-state index in [0.717, 1.165) is 17.7 Å². The average Bonchev–Trinajstić information content (AvgIpc) is 2.64. The Bertz CT molecular complexity index is 699. The molecule has 3 rings (SSSR count). The van der Waals surface area contributed by atoms with Gasteiger partial charge in [0, 0.05) is 19.5 Å². The maximum absolute atomic E-state index is 12.8. The van der Waals surface area contributed by atoms with E-state index in [1.807, 2.05) is 61.2 Å². The van der Waals surface area contributed by atoms with Gasteiger partial charge in [-0.2, -0.15) is 0 Å². The lowest BCUT2D eigenvalue weighted by atomic mass is 10.0. The Hall–Kier alpha value is -2.33. The van der Waals surface area contributed by atoms with Gasteiger partial charge < -0.3 is 14.4 Å². The van der Waals surface area contributed by atoms with Crippen molar-refractivity contribution < 1.29 is 14.3 Å². The van der Waals surface area contributed by atoms with E-state index in [-0.39, 0.29) is 18.1 Å². The summed E-state index contributed by atoms with van der Waals surface area (Å²) in [5, 5.41) is 0. The highest BCUT2D eigenvalue weighted by Gasteiger charge is 2.28. The van der Waals surface area contributed by atoms with Gasteiger partial charge in [-0.15, -0.1) is 0 Å². The van der Waals surface area contributed by atoms with Crippen molar-refractivity contribution in [1.82, 2.24) is 4.90 Å². The van der Waals surface area contributed by atoms with Gasteiger partial charge in [0.15, 0.2) is 0 Å². The van der Waals surface area contributed by atoms with Crippen molar-refractivity contribution in [3.63, 3.8) is 0 Å². The standard InChI is InChI=1S/C22H27NO3/c1-3-25-20-11-9-19(10-12-20)14-22(24)23-15-17(2)26-21(16-23)13-18-7-5-4-6-8-18/h4-12,17,21H,3,13-16H2,1-2H3. The minimum atomic E-state index is 0.0467. The summed E-state index contributed by atoms with van der Waals surface area (Å²) in [5.41, 5.74) is 2.25. The third kappa shape index (κ3) is 5.09. The number of carbonyl (C=O) groups is 1. The fourth-order valence-electron chi connectivity index (χ4n) is 3.40. The van der Waals surface area contributed by atoms with Crippen molar-refractivity contribution in [2.75, 3.05) is 19.7 Å². The van der Waals surface area contributed by atoms with Crippen LogP contribution in [0.1, 0.15) is 25.0 Å². The fraction of sp³-hybridized carbons (Fsp3) is 0.409. The molecule has 1 amide bonds. The van der Waals surface area contributed by atoms with Crippen molar-refractivity contribution in [3.8, 4) is 5.75 Å². The molecule has 4 nitrogen and oxygen atoms in total. The number of carbonyl (C=O) groups excluding carboxylic acids is 1. The molecule has 0 spiro atoms. The van der Waals surface area contributed by atoms with Gasteiger partial charge in [-0.25, -0.2) is 0 Å². The Morgan fingerprint density at radius 1 is 1.08 bits per heavy atom. The van der Waals surface area contributed by atoms with Crippen LogP contribution in [0.15, 0.2) is 54.6 Å². The molecule has 2 atom stereocenters. The Kier molecular flexibility index (Phi) is 6.29. The third-order valence-corrected chi connectivity index (χ3v) is 4.57. The van der Waals surface area contributed by atoms with E-state index in [1.54, 1.807) is 0 Å². The number of hydrogen-bond donors (Lipinski definition) is 0. The zero-order chi connectivity index (χ0) is 18.4. The largest absolute Gasteiger partial charge is 0.494 e. The number of ether oxygens (including phenoxy) is 2. The predicted octanol–water partition coefficient (Wildman–Crippen LogP) is 3.49. The fourth-order valence-corrected chi connectivity index (χ4v) is 3.40. The molecule has 0 bridgehead atoms. The molecule has 0 N–H and O–H groups in total. The summed E-state index contributed by atoms with van der Waals surface area (Å²) >= 11 is 0. The summed E-state index contributed by atoms with van der Waals surface area (Å²) in [5.74, 6) is 0.994. The molecule has 1 fully saturated rings. The van der Waals surface area contributed by atoms with Crippen molar-refractivity contribution >= 4 is 5.91 Å². The molecule has 0 radical (unpaired) electrons. The molecule has 1 aliphatic rings. The molecule has 1 aliphatic heterocycles. The Balaban J connectivity index is 1.59. The second-order valence-corrected chi connectivity index (χ2v) is 6.81. The molecule has 1 saturated heterocycles. The summed E-state index contributed by atoms with van der Waals surface area (Å²) in [6.45, 7) is 5.94. The van der Waals surface area contributed by atoms with Gasteiger partial charge in [0.25, 0.3) is 0 Å². The minimum Gasteiger partial charge on any atom is -0.494 e. The van der Waals surface area contributed by atoms with E-state index in [1.165, 1.54) is 5.56 Å². The smallest absolute Gasteiger partial charge is 0.227 e. The first-order valence-corrected chi connectivity index (χ1v) is 9.33. The number of hydrogen-bond acceptors (Lipinski definition) is 3. The number of nitrogens with zero attached hydrogens (tertiary/aromatic N) is 1. The second kappa shape index (κ2) is 8.86. The van der Waals surface area contributed by atoms with Gasteiger partial charge in [-0.3, -0.25) is 4.79 Å².